The van der Waals surface area contributed by atoms with Crippen LogP contribution < -0.4 is 5.73 Å². The maximum absolute atomic E-state index is 6.24. The zero-order chi connectivity index (χ0) is 12.1. The molecule has 100 valence electrons. The number of hydrogen-bond donors (Lipinski definition) is 1. The molecular formula is C15H30N2. The number of piperidine rings is 1. The van der Waals surface area contributed by atoms with E-state index in [1.165, 1.54) is 71.0 Å². The summed E-state index contributed by atoms with van der Waals surface area (Å²) in [5.74, 6) is 1.79. The van der Waals surface area contributed by atoms with Gasteiger partial charge in [-0.15, -0.1) is 0 Å². The Labute approximate surface area is 107 Å². The van der Waals surface area contributed by atoms with E-state index >= 15 is 0 Å². The highest BCUT2D eigenvalue weighted by atomic mass is 15.1. The minimum atomic E-state index is 0.483. The average molecular weight is 238 g/mol. The fourth-order valence-electron chi connectivity index (χ4n) is 3.66. The molecule has 2 N–H and O–H groups in total. The van der Waals surface area contributed by atoms with Crippen LogP contribution in [0.3, 0.4) is 0 Å². The number of nitrogens with two attached hydrogens (primary N) is 1. The number of likely N-dealkylation sites (tertiary alicyclic amines) is 1. The smallest absolute Gasteiger partial charge is 0.00793 e. The van der Waals surface area contributed by atoms with Crippen LogP contribution in [0.4, 0.5) is 0 Å². The molecule has 0 aromatic heterocycles. The van der Waals surface area contributed by atoms with Crippen LogP contribution in [0.25, 0.3) is 0 Å². The highest BCUT2D eigenvalue weighted by Gasteiger charge is 2.26. The van der Waals surface area contributed by atoms with Crippen molar-refractivity contribution in [2.75, 3.05) is 19.6 Å². The summed E-state index contributed by atoms with van der Waals surface area (Å²) in [6.07, 6.45) is 11.1. The van der Waals surface area contributed by atoms with Gasteiger partial charge >= 0.3 is 0 Å². The monoisotopic (exact) mass is 238 g/mol. The van der Waals surface area contributed by atoms with Gasteiger partial charge in [0, 0.05) is 12.6 Å². The van der Waals surface area contributed by atoms with Crippen LogP contribution >= 0.6 is 0 Å². The van der Waals surface area contributed by atoms with E-state index in [1.54, 1.807) is 0 Å². The third kappa shape index (κ3) is 3.96. The van der Waals surface area contributed by atoms with Crippen molar-refractivity contribution in [1.82, 2.24) is 4.90 Å². The zero-order valence-electron chi connectivity index (χ0n) is 11.5. The van der Waals surface area contributed by atoms with Gasteiger partial charge in [0.1, 0.15) is 0 Å². The molecule has 2 heteroatoms. The van der Waals surface area contributed by atoms with Gasteiger partial charge in [0.25, 0.3) is 0 Å². The summed E-state index contributed by atoms with van der Waals surface area (Å²) in [6.45, 7) is 6.25. The summed E-state index contributed by atoms with van der Waals surface area (Å²) < 4.78 is 0. The van der Waals surface area contributed by atoms with Gasteiger partial charge in [0.2, 0.25) is 0 Å². The summed E-state index contributed by atoms with van der Waals surface area (Å²) in [4.78, 5) is 2.68. The first-order chi connectivity index (χ1) is 8.29. The molecule has 2 nitrogen and oxygen atoms in total. The Hall–Kier alpha value is -0.0800. The molecule has 0 aromatic carbocycles. The van der Waals surface area contributed by atoms with Crippen molar-refractivity contribution in [2.24, 2.45) is 17.6 Å². The first-order valence-corrected chi connectivity index (χ1v) is 7.77. The van der Waals surface area contributed by atoms with Gasteiger partial charge in [-0.3, -0.25) is 0 Å². The van der Waals surface area contributed by atoms with E-state index in [0.29, 0.717) is 6.04 Å². The molecule has 1 aliphatic heterocycles. The topological polar surface area (TPSA) is 29.3 Å². The Morgan fingerprint density at radius 3 is 2.41 bits per heavy atom. The summed E-state index contributed by atoms with van der Waals surface area (Å²) in [5.41, 5.74) is 6.24. The molecule has 2 rings (SSSR count). The van der Waals surface area contributed by atoms with Crippen LogP contribution in [0, 0.1) is 11.8 Å². The minimum Gasteiger partial charge on any atom is -0.327 e. The molecule has 2 aliphatic rings. The predicted molar refractivity (Wildman–Crippen MR) is 74.0 cm³/mol. The lowest BCUT2D eigenvalue weighted by Gasteiger charge is -2.37. The van der Waals surface area contributed by atoms with Gasteiger partial charge in [-0.2, -0.15) is 0 Å². The molecule has 0 bridgehead atoms. The third-order valence-electron chi connectivity index (χ3n) is 4.86. The van der Waals surface area contributed by atoms with E-state index < -0.39 is 0 Å². The van der Waals surface area contributed by atoms with Gasteiger partial charge in [-0.05, 0) is 50.6 Å². The van der Waals surface area contributed by atoms with Crippen molar-refractivity contribution in [1.29, 1.82) is 0 Å². The molecule has 1 saturated heterocycles. The Kier molecular flexibility index (Phi) is 5.30. The normalized spacial score (nSPS) is 32.8. The molecule has 0 spiro atoms. The molecular weight excluding hydrogens is 208 g/mol. The summed E-state index contributed by atoms with van der Waals surface area (Å²) in [7, 11) is 0. The SMILES string of the molecule is CCCC1CCN(CC2CCCCC2N)CC1. The second-order valence-electron chi connectivity index (χ2n) is 6.24. The van der Waals surface area contributed by atoms with E-state index in [9.17, 15) is 0 Å². The van der Waals surface area contributed by atoms with Gasteiger partial charge in [-0.1, -0.05) is 32.6 Å². The van der Waals surface area contributed by atoms with Crippen molar-refractivity contribution in [3.8, 4) is 0 Å². The standard InChI is InChI=1S/C15H30N2/c1-2-5-13-8-10-17(11-9-13)12-14-6-3-4-7-15(14)16/h13-15H,2-12,16H2,1H3. The maximum Gasteiger partial charge on any atom is 0.00793 e. The van der Waals surface area contributed by atoms with Crippen LogP contribution in [-0.4, -0.2) is 30.6 Å². The van der Waals surface area contributed by atoms with Gasteiger partial charge in [-0.25, -0.2) is 0 Å². The molecule has 2 fully saturated rings. The van der Waals surface area contributed by atoms with Crippen molar-refractivity contribution >= 4 is 0 Å². The van der Waals surface area contributed by atoms with Gasteiger partial charge in [0.05, 0.1) is 0 Å². The van der Waals surface area contributed by atoms with E-state index in [-0.39, 0.29) is 0 Å². The maximum atomic E-state index is 6.24. The highest BCUT2D eigenvalue weighted by Crippen LogP contribution is 2.27. The minimum absolute atomic E-state index is 0.483. The van der Waals surface area contributed by atoms with Crippen molar-refractivity contribution in [2.45, 2.75) is 64.3 Å². The summed E-state index contributed by atoms with van der Waals surface area (Å²) in [5, 5.41) is 0. The van der Waals surface area contributed by atoms with Crippen LogP contribution in [0.2, 0.25) is 0 Å². The Bertz CT molecular complexity index is 209. The third-order valence-corrected chi connectivity index (χ3v) is 4.86. The van der Waals surface area contributed by atoms with Crippen LogP contribution in [0.1, 0.15) is 58.3 Å². The van der Waals surface area contributed by atoms with Gasteiger partial charge in [0.15, 0.2) is 0 Å². The molecule has 1 aliphatic carbocycles. The Morgan fingerprint density at radius 2 is 1.76 bits per heavy atom. The molecule has 0 radical (unpaired) electrons. The quantitative estimate of drug-likeness (QED) is 0.816. The number of hydrogen-bond acceptors (Lipinski definition) is 2. The van der Waals surface area contributed by atoms with E-state index in [1.807, 2.05) is 0 Å². The molecule has 0 aromatic rings. The second-order valence-corrected chi connectivity index (χ2v) is 6.24. The largest absolute Gasteiger partial charge is 0.327 e. The fraction of sp³-hybridized carbons (Fsp3) is 1.00. The number of rotatable bonds is 4. The highest BCUT2D eigenvalue weighted by molar-refractivity contribution is 4.82. The van der Waals surface area contributed by atoms with Crippen molar-refractivity contribution in [3.63, 3.8) is 0 Å². The summed E-state index contributed by atoms with van der Waals surface area (Å²) >= 11 is 0. The average Bonchev–Trinajstić information content (AvgIpc) is 2.35. The van der Waals surface area contributed by atoms with Crippen LogP contribution in [0.5, 0.6) is 0 Å². The molecule has 17 heavy (non-hydrogen) atoms. The molecule has 0 amide bonds. The van der Waals surface area contributed by atoms with Crippen molar-refractivity contribution in [3.05, 3.63) is 0 Å². The lowest BCUT2D eigenvalue weighted by Crippen LogP contribution is -2.43. The predicted octanol–water partition coefficient (Wildman–Crippen LogP) is 3.02. The molecule has 1 saturated carbocycles. The Morgan fingerprint density at radius 1 is 1.06 bits per heavy atom. The van der Waals surface area contributed by atoms with Gasteiger partial charge < -0.3 is 10.6 Å². The lowest BCUT2D eigenvalue weighted by molar-refractivity contribution is 0.134. The number of nitrogens with zero attached hydrogens (tertiary/aromatic N) is 1. The lowest BCUT2D eigenvalue weighted by atomic mass is 9.84. The molecule has 2 atom stereocenters. The van der Waals surface area contributed by atoms with E-state index in [0.717, 1.165) is 11.8 Å². The first kappa shape index (κ1) is 13.4. The second kappa shape index (κ2) is 6.75. The Balaban J connectivity index is 1.70. The first-order valence-electron chi connectivity index (χ1n) is 7.77. The van der Waals surface area contributed by atoms with E-state index in [4.69, 9.17) is 5.73 Å². The van der Waals surface area contributed by atoms with Crippen LogP contribution in [-0.2, 0) is 0 Å². The molecule has 2 unspecified atom stereocenters. The van der Waals surface area contributed by atoms with Crippen LogP contribution in [0.15, 0.2) is 0 Å². The zero-order valence-corrected chi connectivity index (χ0v) is 11.5. The van der Waals surface area contributed by atoms with E-state index in [2.05, 4.69) is 11.8 Å². The molecule has 1 heterocycles. The summed E-state index contributed by atoms with van der Waals surface area (Å²) in [6, 6.07) is 0.483. The fourth-order valence-corrected chi connectivity index (χ4v) is 3.66. The van der Waals surface area contributed by atoms with Crippen molar-refractivity contribution < 1.29 is 0 Å².